The van der Waals surface area contributed by atoms with E-state index >= 15 is 0 Å². The molecule has 1 aromatic carbocycles. The molecule has 4 rings (SSSR count). The third kappa shape index (κ3) is 2.99. The van der Waals surface area contributed by atoms with Gasteiger partial charge in [-0.05, 0) is 54.3 Å². The smallest absolute Gasteiger partial charge is 0.254 e. The fourth-order valence-electron chi connectivity index (χ4n) is 3.61. The number of benzene rings is 1. The molecule has 0 radical (unpaired) electrons. The van der Waals surface area contributed by atoms with Crippen LogP contribution in [0.25, 0.3) is 0 Å². The van der Waals surface area contributed by atoms with Gasteiger partial charge in [0.05, 0.1) is 0 Å². The van der Waals surface area contributed by atoms with Gasteiger partial charge in [-0.15, -0.1) is 0 Å². The molecule has 0 unspecified atom stereocenters. The first-order valence-corrected chi connectivity index (χ1v) is 8.45. The van der Waals surface area contributed by atoms with Gasteiger partial charge in [0.25, 0.3) is 5.91 Å². The number of fused-ring (bicyclic) bond motifs is 1. The van der Waals surface area contributed by atoms with Gasteiger partial charge in [0.2, 0.25) is 0 Å². The van der Waals surface area contributed by atoms with Crippen LogP contribution in [-0.4, -0.2) is 41.5 Å². The fraction of sp³-hybridized carbons (Fsp3) is 0.368. The Morgan fingerprint density at radius 1 is 1.17 bits per heavy atom. The molecule has 2 atom stereocenters. The second-order valence-electron chi connectivity index (χ2n) is 6.44. The van der Waals surface area contributed by atoms with Crippen molar-refractivity contribution in [2.24, 2.45) is 5.92 Å². The standard InChI is InChI=1S/C19H21N3O2/c23-19(22-10-7-16-11-21-12-18(16)22)15-1-3-17(4-2-15)24-13-14-5-8-20-9-6-14/h1-6,8-9,16,18,21H,7,10-13H2/t16-,18+/m1/s1. The van der Waals surface area contributed by atoms with Crippen molar-refractivity contribution >= 4 is 5.91 Å². The molecule has 1 aromatic heterocycles. The van der Waals surface area contributed by atoms with Crippen molar-refractivity contribution in [3.63, 3.8) is 0 Å². The highest BCUT2D eigenvalue weighted by Gasteiger charge is 2.39. The number of carbonyl (C=O) groups is 1. The highest BCUT2D eigenvalue weighted by atomic mass is 16.5. The molecule has 124 valence electrons. The Morgan fingerprint density at radius 3 is 2.75 bits per heavy atom. The summed E-state index contributed by atoms with van der Waals surface area (Å²) in [4.78, 5) is 18.7. The zero-order valence-corrected chi connectivity index (χ0v) is 13.5. The Balaban J connectivity index is 1.39. The SMILES string of the molecule is O=C(c1ccc(OCc2ccncc2)cc1)N1CC[C@@H]2CNC[C@@H]21. The molecule has 1 amide bonds. The topological polar surface area (TPSA) is 54.5 Å². The summed E-state index contributed by atoms with van der Waals surface area (Å²) < 4.78 is 5.76. The average Bonchev–Trinajstić information content (AvgIpc) is 3.24. The quantitative estimate of drug-likeness (QED) is 0.936. The second-order valence-corrected chi connectivity index (χ2v) is 6.44. The zero-order chi connectivity index (χ0) is 16.4. The van der Waals surface area contributed by atoms with Crippen molar-refractivity contribution in [2.45, 2.75) is 19.1 Å². The molecule has 5 heteroatoms. The first kappa shape index (κ1) is 15.1. The first-order valence-electron chi connectivity index (χ1n) is 8.45. The molecule has 0 saturated carbocycles. The van der Waals surface area contributed by atoms with Crippen LogP contribution in [0.1, 0.15) is 22.3 Å². The largest absolute Gasteiger partial charge is 0.489 e. The van der Waals surface area contributed by atoms with Gasteiger partial charge in [-0.2, -0.15) is 0 Å². The van der Waals surface area contributed by atoms with Gasteiger partial charge in [-0.1, -0.05) is 0 Å². The van der Waals surface area contributed by atoms with Crippen LogP contribution in [0.5, 0.6) is 5.75 Å². The van der Waals surface area contributed by atoms with Gasteiger partial charge in [0.1, 0.15) is 12.4 Å². The van der Waals surface area contributed by atoms with Crippen molar-refractivity contribution < 1.29 is 9.53 Å². The van der Waals surface area contributed by atoms with Gasteiger partial charge in [-0.3, -0.25) is 9.78 Å². The van der Waals surface area contributed by atoms with Gasteiger partial charge in [0.15, 0.2) is 0 Å². The summed E-state index contributed by atoms with van der Waals surface area (Å²) >= 11 is 0. The molecule has 0 spiro atoms. The summed E-state index contributed by atoms with van der Waals surface area (Å²) in [6.45, 7) is 3.33. The Bertz CT molecular complexity index is 702. The lowest BCUT2D eigenvalue weighted by Crippen LogP contribution is -2.39. The van der Waals surface area contributed by atoms with Crippen LogP contribution in [0, 0.1) is 5.92 Å². The van der Waals surface area contributed by atoms with Crippen LogP contribution in [0.2, 0.25) is 0 Å². The maximum Gasteiger partial charge on any atom is 0.254 e. The zero-order valence-electron chi connectivity index (χ0n) is 13.5. The minimum Gasteiger partial charge on any atom is -0.489 e. The van der Waals surface area contributed by atoms with Crippen molar-refractivity contribution in [2.75, 3.05) is 19.6 Å². The van der Waals surface area contributed by atoms with E-state index in [1.165, 1.54) is 0 Å². The van der Waals surface area contributed by atoms with Gasteiger partial charge < -0.3 is 15.0 Å². The molecule has 24 heavy (non-hydrogen) atoms. The molecule has 2 aromatic rings. The molecule has 3 heterocycles. The number of aromatic nitrogens is 1. The van der Waals surface area contributed by atoms with E-state index in [9.17, 15) is 4.79 Å². The Kier molecular flexibility index (Phi) is 4.17. The highest BCUT2D eigenvalue weighted by Crippen LogP contribution is 2.28. The summed E-state index contributed by atoms with van der Waals surface area (Å²) in [7, 11) is 0. The Morgan fingerprint density at radius 2 is 1.96 bits per heavy atom. The summed E-state index contributed by atoms with van der Waals surface area (Å²) in [5, 5.41) is 3.38. The molecular formula is C19H21N3O2. The van der Waals surface area contributed by atoms with Crippen LogP contribution in [-0.2, 0) is 6.61 Å². The fourth-order valence-corrected chi connectivity index (χ4v) is 3.61. The van der Waals surface area contributed by atoms with E-state index in [-0.39, 0.29) is 5.91 Å². The van der Waals surface area contributed by atoms with Crippen LogP contribution < -0.4 is 10.1 Å². The van der Waals surface area contributed by atoms with Gasteiger partial charge >= 0.3 is 0 Å². The highest BCUT2D eigenvalue weighted by molar-refractivity contribution is 5.94. The first-order chi connectivity index (χ1) is 11.8. The van der Waals surface area contributed by atoms with Crippen molar-refractivity contribution in [3.05, 3.63) is 59.9 Å². The molecular weight excluding hydrogens is 302 g/mol. The normalized spacial score (nSPS) is 22.4. The third-order valence-corrected chi connectivity index (χ3v) is 4.96. The lowest BCUT2D eigenvalue weighted by atomic mass is 10.0. The minimum atomic E-state index is 0.131. The molecule has 2 aliphatic heterocycles. The van der Waals surface area contributed by atoms with E-state index in [0.29, 0.717) is 18.6 Å². The van der Waals surface area contributed by atoms with E-state index in [1.54, 1.807) is 12.4 Å². The summed E-state index contributed by atoms with van der Waals surface area (Å²) in [6.07, 6.45) is 4.61. The van der Waals surface area contributed by atoms with E-state index in [2.05, 4.69) is 10.3 Å². The molecule has 0 bridgehead atoms. The second kappa shape index (κ2) is 6.61. The number of nitrogens with one attached hydrogen (secondary N) is 1. The van der Waals surface area contributed by atoms with Crippen molar-refractivity contribution in [1.82, 2.24) is 15.2 Å². The molecule has 2 saturated heterocycles. The van der Waals surface area contributed by atoms with E-state index in [4.69, 9.17) is 4.74 Å². The number of rotatable bonds is 4. The average molecular weight is 323 g/mol. The number of amides is 1. The number of ether oxygens (including phenoxy) is 1. The maximum absolute atomic E-state index is 12.7. The number of nitrogens with zero attached hydrogens (tertiary/aromatic N) is 2. The molecule has 1 N–H and O–H groups in total. The number of likely N-dealkylation sites (tertiary alicyclic amines) is 1. The molecule has 5 nitrogen and oxygen atoms in total. The lowest BCUT2D eigenvalue weighted by Gasteiger charge is -2.23. The van der Waals surface area contributed by atoms with E-state index < -0.39 is 0 Å². The summed E-state index contributed by atoms with van der Waals surface area (Å²) in [5.41, 5.74) is 1.81. The van der Waals surface area contributed by atoms with Crippen LogP contribution in [0.4, 0.5) is 0 Å². The lowest BCUT2D eigenvalue weighted by molar-refractivity contribution is 0.0737. The number of hydrogen-bond donors (Lipinski definition) is 1. The van der Waals surface area contributed by atoms with E-state index in [1.807, 2.05) is 41.3 Å². The summed E-state index contributed by atoms with van der Waals surface area (Å²) in [5.74, 6) is 1.52. The van der Waals surface area contributed by atoms with Crippen LogP contribution >= 0.6 is 0 Å². The molecule has 2 aliphatic rings. The number of pyridine rings is 1. The maximum atomic E-state index is 12.7. The molecule has 0 aliphatic carbocycles. The van der Waals surface area contributed by atoms with Gasteiger partial charge in [0, 0.05) is 43.6 Å². The molecule has 2 fully saturated rings. The van der Waals surface area contributed by atoms with E-state index in [0.717, 1.165) is 42.9 Å². The predicted molar refractivity (Wildman–Crippen MR) is 90.8 cm³/mol. The van der Waals surface area contributed by atoms with Crippen molar-refractivity contribution in [3.8, 4) is 5.75 Å². The van der Waals surface area contributed by atoms with Crippen LogP contribution in [0.15, 0.2) is 48.8 Å². The van der Waals surface area contributed by atoms with Crippen LogP contribution in [0.3, 0.4) is 0 Å². The Labute approximate surface area is 141 Å². The van der Waals surface area contributed by atoms with Crippen molar-refractivity contribution in [1.29, 1.82) is 0 Å². The minimum absolute atomic E-state index is 0.131. The number of carbonyl (C=O) groups excluding carboxylic acids is 1. The number of hydrogen-bond acceptors (Lipinski definition) is 4. The Hall–Kier alpha value is -2.40. The monoisotopic (exact) mass is 323 g/mol. The third-order valence-electron chi connectivity index (χ3n) is 4.96. The summed E-state index contributed by atoms with van der Waals surface area (Å²) in [6, 6.07) is 11.7. The van der Waals surface area contributed by atoms with Gasteiger partial charge in [-0.25, -0.2) is 0 Å². The predicted octanol–water partition coefficient (Wildman–Crippen LogP) is 2.09.